The Morgan fingerprint density at radius 3 is 2.29 bits per heavy atom. The van der Waals surface area contributed by atoms with Crippen LogP contribution in [-0.4, -0.2) is 40.0 Å². The number of likely N-dealkylation sites (tertiary alicyclic amines) is 1. The summed E-state index contributed by atoms with van der Waals surface area (Å²) in [6.45, 7) is 7.88. The van der Waals surface area contributed by atoms with Gasteiger partial charge in [0.25, 0.3) is 0 Å². The van der Waals surface area contributed by atoms with Gasteiger partial charge in [-0.05, 0) is 85.7 Å². The first-order chi connectivity index (χ1) is 16.2. The van der Waals surface area contributed by atoms with E-state index in [4.69, 9.17) is 4.65 Å². The molecule has 182 valence electrons. The number of rotatable bonds is 3. The van der Waals surface area contributed by atoms with Crippen molar-refractivity contribution in [3.8, 4) is 5.75 Å². The van der Waals surface area contributed by atoms with E-state index in [9.17, 15) is 19.7 Å². The zero-order valence-corrected chi connectivity index (χ0v) is 20.7. The summed E-state index contributed by atoms with van der Waals surface area (Å²) in [7, 11) is -1.09. The molecule has 1 saturated carbocycles. The van der Waals surface area contributed by atoms with Crippen LogP contribution in [0.15, 0.2) is 23.2 Å². The third-order valence-corrected chi connectivity index (χ3v) is 8.70. The van der Waals surface area contributed by atoms with Crippen LogP contribution in [0.4, 0.5) is 0 Å². The molecule has 1 aromatic carbocycles. The number of benzene rings is 1. The number of carbonyl (C=O) groups excluding carboxylic acids is 2. The molecule has 4 aliphatic rings. The Balaban J connectivity index is 1.53. The quantitative estimate of drug-likeness (QED) is 0.511. The van der Waals surface area contributed by atoms with Crippen LogP contribution >= 0.6 is 0 Å². The predicted molar refractivity (Wildman–Crippen MR) is 130 cm³/mol. The molecule has 7 heteroatoms. The van der Waals surface area contributed by atoms with E-state index < -0.39 is 19.1 Å². The highest BCUT2D eigenvalue weighted by Gasteiger charge is 2.59. The van der Waals surface area contributed by atoms with E-state index in [-0.39, 0.29) is 41.4 Å². The molecular weight excluding hydrogens is 429 g/mol. The van der Waals surface area contributed by atoms with Crippen molar-refractivity contribution in [2.24, 2.45) is 23.7 Å². The van der Waals surface area contributed by atoms with Gasteiger partial charge in [0.2, 0.25) is 11.8 Å². The van der Waals surface area contributed by atoms with E-state index in [1.807, 2.05) is 26.0 Å². The van der Waals surface area contributed by atoms with Crippen molar-refractivity contribution in [3.63, 3.8) is 0 Å². The minimum Gasteiger partial charge on any atom is -0.507 e. The molecule has 6 nitrogen and oxygen atoms in total. The summed E-state index contributed by atoms with van der Waals surface area (Å²) in [4.78, 5) is 29.0. The summed E-state index contributed by atoms with van der Waals surface area (Å²) in [6.07, 6.45) is 5.78. The Labute approximate surface area is 202 Å². The first kappa shape index (κ1) is 23.6. The zero-order valence-electron chi connectivity index (χ0n) is 20.7. The van der Waals surface area contributed by atoms with Gasteiger partial charge in [0.05, 0.1) is 17.9 Å². The Kier molecular flexibility index (Phi) is 6.14. The molecule has 5 rings (SSSR count). The summed E-state index contributed by atoms with van der Waals surface area (Å²) >= 11 is 0. The predicted octanol–water partition coefficient (Wildman–Crippen LogP) is 4.40. The second-order valence-corrected chi connectivity index (χ2v) is 11.1. The molecule has 0 spiro atoms. The highest BCUT2D eigenvalue weighted by atomic mass is 16.5. The summed E-state index contributed by atoms with van der Waals surface area (Å²) < 4.78 is 6.13. The Morgan fingerprint density at radius 2 is 1.68 bits per heavy atom. The number of hydrogen-bond acceptors (Lipinski definition) is 5. The van der Waals surface area contributed by atoms with Gasteiger partial charge in [0.15, 0.2) is 0 Å². The standard InChI is InChI=1S/C27H36BNO5/c1-14(2)19-12-21-23(27(32)29(26(21)31)18-8-6-5-7-9-18)20-13-22(34-28(33)24(19)20)17-10-15(3)25(30)16(4)11-17/h10-11,14,18,20-23,30,33H,5-9,12-13H2,1-4H3/t20-,21-,22-,23+/m0/s1. The molecule has 0 bridgehead atoms. The molecule has 0 aromatic heterocycles. The molecule has 0 radical (unpaired) electrons. The summed E-state index contributed by atoms with van der Waals surface area (Å²) in [5.41, 5.74) is 4.30. The Bertz CT molecular complexity index is 1020. The van der Waals surface area contributed by atoms with Crippen molar-refractivity contribution in [2.75, 3.05) is 0 Å². The van der Waals surface area contributed by atoms with Crippen LogP contribution in [0.5, 0.6) is 5.75 Å². The van der Waals surface area contributed by atoms with Gasteiger partial charge in [-0.15, -0.1) is 0 Å². The minimum atomic E-state index is -1.09. The maximum Gasteiger partial charge on any atom is 0.487 e. The number of phenols is 1. The smallest absolute Gasteiger partial charge is 0.487 e. The van der Waals surface area contributed by atoms with E-state index in [0.29, 0.717) is 12.8 Å². The van der Waals surface area contributed by atoms with Gasteiger partial charge in [-0.25, -0.2) is 0 Å². The van der Waals surface area contributed by atoms with Crippen molar-refractivity contribution in [1.29, 1.82) is 0 Å². The second kappa shape index (κ2) is 8.83. The van der Waals surface area contributed by atoms with Crippen LogP contribution in [0.3, 0.4) is 0 Å². The zero-order chi connectivity index (χ0) is 24.3. The van der Waals surface area contributed by atoms with Crippen molar-refractivity contribution >= 4 is 18.9 Å². The fraction of sp³-hybridized carbons (Fsp3) is 0.630. The molecule has 3 fully saturated rings. The SMILES string of the molecule is Cc1cc([C@@H]2C[C@@H]3C(=C(C(C)C)C[C@@H]4C(=O)N(C5CCCCC5)C(=O)[C@@H]43)B(O)O2)cc(C)c1O. The van der Waals surface area contributed by atoms with Crippen molar-refractivity contribution < 1.29 is 24.4 Å². The second-order valence-electron chi connectivity index (χ2n) is 11.1. The van der Waals surface area contributed by atoms with Crippen molar-refractivity contribution in [3.05, 3.63) is 39.9 Å². The van der Waals surface area contributed by atoms with E-state index >= 15 is 0 Å². The van der Waals surface area contributed by atoms with Gasteiger partial charge >= 0.3 is 7.12 Å². The van der Waals surface area contributed by atoms with E-state index in [2.05, 4.69) is 13.8 Å². The van der Waals surface area contributed by atoms with Crippen LogP contribution in [0.2, 0.25) is 0 Å². The van der Waals surface area contributed by atoms with Gasteiger partial charge in [-0.1, -0.05) is 38.7 Å². The minimum absolute atomic E-state index is 0.00652. The lowest BCUT2D eigenvalue weighted by Gasteiger charge is -2.43. The molecule has 1 aromatic rings. The lowest BCUT2D eigenvalue weighted by atomic mass is 9.54. The van der Waals surface area contributed by atoms with Gasteiger partial charge in [0.1, 0.15) is 5.75 Å². The maximum absolute atomic E-state index is 13.8. The molecule has 34 heavy (non-hydrogen) atoms. The number of nitrogens with zero attached hydrogens (tertiary/aromatic N) is 1. The van der Waals surface area contributed by atoms with Crippen LogP contribution < -0.4 is 0 Å². The highest BCUT2D eigenvalue weighted by Crippen LogP contribution is 2.53. The number of hydrogen-bond donors (Lipinski definition) is 2. The first-order valence-electron chi connectivity index (χ1n) is 12.9. The van der Waals surface area contributed by atoms with Gasteiger partial charge in [-0.2, -0.15) is 0 Å². The fourth-order valence-corrected chi connectivity index (χ4v) is 7.02. The van der Waals surface area contributed by atoms with E-state index in [0.717, 1.165) is 53.4 Å². The molecule has 0 unspecified atom stereocenters. The number of aryl methyl sites for hydroxylation is 2. The van der Waals surface area contributed by atoms with Crippen LogP contribution in [0, 0.1) is 37.5 Å². The number of imide groups is 1. The topological polar surface area (TPSA) is 87.1 Å². The molecule has 4 atom stereocenters. The highest BCUT2D eigenvalue weighted by molar-refractivity contribution is 6.53. The van der Waals surface area contributed by atoms with Crippen LogP contribution in [0.1, 0.15) is 81.6 Å². The fourth-order valence-electron chi connectivity index (χ4n) is 7.02. The van der Waals surface area contributed by atoms with Gasteiger partial charge in [-0.3, -0.25) is 14.5 Å². The Morgan fingerprint density at radius 1 is 1.03 bits per heavy atom. The van der Waals surface area contributed by atoms with Gasteiger partial charge in [0, 0.05) is 6.04 Å². The summed E-state index contributed by atoms with van der Waals surface area (Å²) in [6, 6.07) is 3.82. The van der Waals surface area contributed by atoms with Gasteiger partial charge < -0.3 is 14.8 Å². The molecule has 2 aliphatic carbocycles. The van der Waals surface area contributed by atoms with E-state index in [1.54, 1.807) is 4.90 Å². The van der Waals surface area contributed by atoms with Crippen LogP contribution in [-0.2, 0) is 14.2 Å². The molecule has 2 aliphatic heterocycles. The third kappa shape index (κ3) is 3.72. The summed E-state index contributed by atoms with van der Waals surface area (Å²) in [5.74, 6) is -0.601. The van der Waals surface area contributed by atoms with Crippen LogP contribution in [0.25, 0.3) is 0 Å². The molecular formula is C27H36BNO5. The average Bonchev–Trinajstić information content (AvgIpc) is 3.06. The first-order valence-corrected chi connectivity index (χ1v) is 12.9. The largest absolute Gasteiger partial charge is 0.507 e. The lowest BCUT2D eigenvalue weighted by Crippen LogP contribution is -2.46. The molecule has 2 amide bonds. The average molecular weight is 465 g/mol. The normalized spacial score (nSPS) is 30.3. The van der Waals surface area contributed by atoms with Crippen molar-refractivity contribution in [2.45, 2.75) is 84.8 Å². The Hall–Kier alpha value is -2.12. The molecule has 2 saturated heterocycles. The maximum atomic E-state index is 13.8. The third-order valence-electron chi connectivity index (χ3n) is 8.70. The number of carbonyl (C=O) groups is 2. The number of amides is 2. The molecule has 2 heterocycles. The van der Waals surface area contributed by atoms with Crippen molar-refractivity contribution in [1.82, 2.24) is 4.90 Å². The lowest BCUT2D eigenvalue weighted by molar-refractivity contribution is -0.143. The number of fused-ring (bicyclic) bond motifs is 3. The monoisotopic (exact) mass is 465 g/mol. The number of aromatic hydroxyl groups is 1. The molecule has 2 N–H and O–H groups in total. The van der Waals surface area contributed by atoms with E-state index in [1.165, 1.54) is 6.42 Å². The number of allylic oxidation sites excluding steroid dienone is 2. The summed E-state index contributed by atoms with van der Waals surface area (Å²) in [5, 5.41) is 21.4. The number of phenolic OH excluding ortho intramolecular Hbond substituents is 1.